The number of likely N-dealkylation sites (N-methyl/N-ethyl adjacent to an activating group) is 1. The number of hydrogen-bond acceptors (Lipinski definition) is 5. The Balaban J connectivity index is 0.00000111. The number of benzene rings is 1. The minimum Gasteiger partial charge on any atom is -0.454 e. The highest BCUT2D eigenvalue weighted by atomic mass is 16.7. The molecule has 164 valence electrons. The van der Waals surface area contributed by atoms with Gasteiger partial charge in [-0.2, -0.15) is 0 Å². The molecule has 2 aliphatic rings. The Bertz CT molecular complexity index is 495. The van der Waals surface area contributed by atoms with Crippen LogP contribution in [0.15, 0.2) is 18.2 Å². The first-order valence-corrected chi connectivity index (χ1v) is 11.0. The predicted molar refractivity (Wildman–Crippen MR) is 117 cm³/mol. The molecule has 3 rings (SSSR count). The molecule has 1 saturated heterocycles. The molecule has 5 heteroatoms. The number of rotatable bonds is 7. The predicted octanol–water partition coefficient (Wildman–Crippen LogP) is 5.51. The van der Waals surface area contributed by atoms with Crippen molar-refractivity contribution < 1.29 is 18.9 Å². The third-order valence-electron chi connectivity index (χ3n) is 4.37. The van der Waals surface area contributed by atoms with E-state index in [2.05, 4.69) is 11.9 Å². The smallest absolute Gasteiger partial charge is 0.231 e. The number of nitrogens with zero attached hydrogens (tertiary/aromatic N) is 1. The quantitative estimate of drug-likeness (QED) is 0.567. The van der Waals surface area contributed by atoms with Crippen molar-refractivity contribution in [3.63, 3.8) is 0 Å². The molecular formula is C23H43NO4. The summed E-state index contributed by atoms with van der Waals surface area (Å²) < 4.78 is 22.3. The van der Waals surface area contributed by atoms with E-state index < -0.39 is 0 Å². The fourth-order valence-corrected chi connectivity index (χ4v) is 3.10. The standard InChI is InChI=1S/C17H25NO4.3C2H6/c1-3-19-7-6-14-9-15(10-18(14)2)20-11-13-4-5-16-17(8-13)22-12-21-16;3*1-2/h4-5,8,14-15H,3,6-7,9-12H2,1-2H3;3*1-2H3/t14-,15+;;;/m0.../s1. The Labute approximate surface area is 173 Å². The maximum Gasteiger partial charge on any atom is 0.231 e. The van der Waals surface area contributed by atoms with Crippen molar-refractivity contribution in [2.75, 3.05) is 33.6 Å². The van der Waals surface area contributed by atoms with Crippen LogP contribution in [0.2, 0.25) is 0 Å². The number of hydrogen-bond donors (Lipinski definition) is 0. The first-order chi connectivity index (χ1) is 13.8. The molecule has 0 saturated carbocycles. The molecule has 5 nitrogen and oxygen atoms in total. The second kappa shape index (κ2) is 16.6. The molecule has 0 aliphatic carbocycles. The molecule has 1 fully saturated rings. The van der Waals surface area contributed by atoms with Crippen LogP contribution in [-0.4, -0.2) is 50.6 Å². The zero-order chi connectivity index (χ0) is 21.4. The average Bonchev–Trinajstić information content (AvgIpc) is 3.37. The summed E-state index contributed by atoms with van der Waals surface area (Å²) in [6, 6.07) is 6.56. The van der Waals surface area contributed by atoms with Gasteiger partial charge in [0.2, 0.25) is 6.79 Å². The summed E-state index contributed by atoms with van der Waals surface area (Å²) in [5, 5.41) is 0. The zero-order valence-electron chi connectivity index (χ0n) is 19.4. The first kappa shape index (κ1) is 26.7. The monoisotopic (exact) mass is 397 g/mol. The fraction of sp³-hybridized carbons (Fsp3) is 0.739. The largest absolute Gasteiger partial charge is 0.454 e. The molecule has 2 aliphatic heterocycles. The van der Waals surface area contributed by atoms with E-state index in [1.165, 1.54) is 0 Å². The molecule has 1 aromatic rings. The van der Waals surface area contributed by atoms with Crippen LogP contribution < -0.4 is 9.47 Å². The zero-order valence-corrected chi connectivity index (χ0v) is 19.4. The van der Waals surface area contributed by atoms with Crippen molar-refractivity contribution in [1.82, 2.24) is 4.90 Å². The molecule has 0 amide bonds. The molecule has 1 aromatic carbocycles. The Morgan fingerprint density at radius 1 is 1.04 bits per heavy atom. The summed E-state index contributed by atoms with van der Waals surface area (Å²) in [6.07, 6.45) is 2.45. The molecule has 0 radical (unpaired) electrons. The van der Waals surface area contributed by atoms with E-state index in [0.717, 1.165) is 49.7 Å². The minimum atomic E-state index is 0.294. The van der Waals surface area contributed by atoms with Crippen LogP contribution in [0.25, 0.3) is 0 Å². The molecule has 0 spiro atoms. The lowest BCUT2D eigenvalue weighted by atomic mass is 10.1. The van der Waals surface area contributed by atoms with Crippen molar-refractivity contribution in [2.24, 2.45) is 0 Å². The molecular weight excluding hydrogens is 354 g/mol. The van der Waals surface area contributed by atoms with Crippen LogP contribution in [0.4, 0.5) is 0 Å². The van der Waals surface area contributed by atoms with Crippen LogP contribution >= 0.6 is 0 Å². The molecule has 2 atom stereocenters. The van der Waals surface area contributed by atoms with E-state index in [9.17, 15) is 0 Å². The second-order valence-corrected chi connectivity index (χ2v) is 5.94. The van der Waals surface area contributed by atoms with Gasteiger partial charge in [-0.1, -0.05) is 47.6 Å². The van der Waals surface area contributed by atoms with Gasteiger partial charge < -0.3 is 23.8 Å². The van der Waals surface area contributed by atoms with Crippen molar-refractivity contribution >= 4 is 0 Å². The van der Waals surface area contributed by atoms with Gasteiger partial charge >= 0.3 is 0 Å². The van der Waals surface area contributed by atoms with Crippen LogP contribution in [0, 0.1) is 0 Å². The summed E-state index contributed by atoms with van der Waals surface area (Å²) in [5.74, 6) is 1.64. The van der Waals surface area contributed by atoms with Crippen molar-refractivity contribution in [2.45, 2.75) is 80.1 Å². The lowest BCUT2D eigenvalue weighted by Crippen LogP contribution is -2.26. The third-order valence-corrected chi connectivity index (χ3v) is 4.37. The van der Waals surface area contributed by atoms with Gasteiger partial charge in [-0.25, -0.2) is 0 Å². The van der Waals surface area contributed by atoms with E-state index in [4.69, 9.17) is 18.9 Å². The number of fused-ring (bicyclic) bond motifs is 1. The third kappa shape index (κ3) is 8.80. The van der Waals surface area contributed by atoms with Crippen molar-refractivity contribution in [3.8, 4) is 11.5 Å². The number of likely N-dealkylation sites (tertiary alicyclic amines) is 1. The topological polar surface area (TPSA) is 40.2 Å². The van der Waals surface area contributed by atoms with E-state index in [1.54, 1.807) is 0 Å². The van der Waals surface area contributed by atoms with E-state index in [0.29, 0.717) is 25.5 Å². The Morgan fingerprint density at radius 2 is 1.71 bits per heavy atom. The second-order valence-electron chi connectivity index (χ2n) is 5.94. The van der Waals surface area contributed by atoms with Gasteiger partial charge in [-0.05, 0) is 44.5 Å². The summed E-state index contributed by atoms with van der Waals surface area (Å²) in [7, 11) is 2.17. The normalized spacial score (nSPS) is 19.6. The Kier molecular flexibility index (Phi) is 15.9. The molecule has 0 bridgehead atoms. The molecule has 0 N–H and O–H groups in total. The van der Waals surface area contributed by atoms with Gasteiger partial charge in [0.1, 0.15) is 0 Å². The van der Waals surface area contributed by atoms with Crippen molar-refractivity contribution in [3.05, 3.63) is 23.8 Å². The fourth-order valence-electron chi connectivity index (χ4n) is 3.10. The van der Waals surface area contributed by atoms with Gasteiger partial charge in [-0.15, -0.1) is 0 Å². The molecule has 0 aromatic heterocycles. The van der Waals surface area contributed by atoms with Crippen LogP contribution in [0.5, 0.6) is 11.5 Å². The molecule has 28 heavy (non-hydrogen) atoms. The van der Waals surface area contributed by atoms with Crippen LogP contribution in [0.3, 0.4) is 0 Å². The minimum absolute atomic E-state index is 0.294. The average molecular weight is 398 g/mol. The maximum atomic E-state index is 6.08. The van der Waals surface area contributed by atoms with Gasteiger partial charge in [0.05, 0.1) is 12.7 Å². The lowest BCUT2D eigenvalue weighted by Gasteiger charge is -2.18. The van der Waals surface area contributed by atoms with Crippen LogP contribution in [0.1, 0.15) is 66.9 Å². The molecule has 2 heterocycles. The highest BCUT2D eigenvalue weighted by Gasteiger charge is 2.29. The highest BCUT2D eigenvalue weighted by Crippen LogP contribution is 2.33. The maximum absolute atomic E-state index is 6.08. The number of ether oxygens (including phenoxy) is 4. The van der Waals surface area contributed by atoms with E-state index in [1.807, 2.05) is 66.7 Å². The van der Waals surface area contributed by atoms with Gasteiger partial charge in [0.15, 0.2) is 11.5 Å². The van der Waals surface area contributed by atoms with Crippen molar-refractivity contribution in [1.29, 1.82) is 0 Å². The van der Waals surface area contributed by atoms with Crippen LogP contribution in [-0.2, 0) is 16.1 Å². The highest BCUT2D eigenvalue weighted by molar-refractivity contribution is 5.44. The van der Waals surface area contributed by atoms with Gasteiger partial charge in [-0.3, -0.25) is 0 Å². The van der Waals surface area contributed by atoms with Gasteiger partial charge in [0.25, 0.3) is 0 Å². The summed E-state index contributed by atoms with van der Waals surface area (Å²) in [5.41, 5.74) is 1.13. The summed E-state index contributed by atoms with van der Waals surface area (Å²) in [4.78, 5) is 2.38. The summed E-state index contributed by atoms with van der Waals surface area (Å²) in [6.45, 7) is 17.6. The SMILES string of the molecule is CC.CC.CC.CCOCC[C@H]1C[C@@H](OCc2ccc3c(c2)OCO3)CN1C. The first-order valence-electron chi connectivity index (χ1n) is 11.0. The summed E-state index contributed by atoms with van der Waals surface area (Å²) >= 11 is 0. The van der Waals surface area contributed by atoms with Gasteiger partial charge in [0, 0.05) is 25.8 Å². The lowest BCUT2D eigenvalue weighted by molar-refractivity contribution is 0.0478. The Hall–Kier alpha value is -1.30. The Morgan fingerprint density at radius 3 is 2.39 bits per heavy atom. The van der Waals surface area contributed by atoms with E-state index >= 15 is 0 Å². The van der Waals surface area contributed by atoms with E-state index in [-0.39, 0.29) is 0 Å². The molecule has 0 unspecified atom stereocenters.